The number of hydrogen-bond donors (Lipinski definition) is 2. The Morgan fingerprint density at radius 3 is 2.88 bits per heavy atom. The first-order chi connectivity index (χ1) is 15.4. The summed E-state index contributed by atoms with van der Waals surface area (Å²) in [4.78, 5) is 11.3. The Balaban J connectivity index is 1.53. The van der Waals surface area contributed by atoms with Gasteiger partial charge < -0.3 is 10.0 Å². The molecule has 0 aliphatic carbocycles. The van der Waals surface area contributed by atoms with Gasteiger partial charge in [-0.15, -0.1) is 0 Å². The molecule has 1 aliphatic heterocycles. The van der Waals surface area contributed by atoms with Gasteiger partial charge in [0.2, 0.25) is 0 Å². The Labute approximate surface area is 182 Å². The van der Waals surface area contributed by atoms with Crippen molar-refractivity contribution in [3.63, 3.8) is 0 Å². The van der Waals surface area contributed by atoms with Crippen molar-refractivity contribution in [2.75, 3.05) is 18.1 Å². The summed E-state index contributed by atoms with van der Waals surface area (Å²) >= 11 is 0. The molecule has 4 heterocycles. The summed E-state index contributed by atoms with van der Waals surface area (Å²) in [6, 6.07) is 5.08. The lowest BCUT2D eigenvalue weighted by molar-refractivity contribution is 0.212. The molecule has 0 spiro atoms. The van der Waals surface area contributed by atoms with Crippen molar-refractivity contribution in [1.82, 2.24) is 29.8 Å². The molecule has 0 radical (unpaired) electrons. The van der Waals surface area contributed by atoms with E-state index < -0.39 is 17.0 Å². The smallest absolute Gasteiger partial charge is 0.186 e. The summed E-state index contributed by atoms with van der Waals surface area (Å²) < 4.78 is 29.9. The monoisotopic (exact) mass is 439 g/mol. The van der Waals surface area contributed by atoms with Gasteiger partial charge in [-0.05, 0) is 37.1 Å². The highest BCUT2D eigenvalue weighted by molar-refractivity contribution is 5.73. The molecule has 166 valence electrons. The minimum atomic E-state index is -0.565. The van der Waals surface area contributed by atoms with Gasteiger partial charge in [0.25, 0.3) is 0 Å². The number of aliphatic hydroxyl groups is 1. The molecule has 4 aromatic rings. The van der Waals surface area contributed by atoms with Gasteiger partial charge >= 0.3 is 0 Å². The molecule has 1 fully saturated rings. The van der Waals surface area contributed by atoms with Crippen molar-refractivity contribution in [3.05, 3.63) is 59.7 Å². The molecule has 1 atom stereocenters. The van der Waals surface area contributed by atoms with Crippen LogP contribution in [0.1, 0.15) is 44.1 Å². The lowest BCUT2D eigenvalue weighted by atomic mass is 9.94. The Morgan fingerprint density at radius 1 is 1.22 bits per heavy atom. The predicted octanol–water partition coefficient (Wildman–Crippen LogP) is 3.40. The first-order valence-corrected chi connectivity index (χ1v) is 10.5. The number of halogens is 2. The molecule has 0 amide bonds. The van der Waals surface area contributed by atoms with Gasteiger partial charge in [0.1, 0.15) is 23.3 Å². The van der Waals surface area contributed by atoms with Crippen molar-refractivity contribution in [2.24, 2.45) is 0 Å². The maximum Gasteiger partial charge on any atom is 0.186 e. The minimum Gasteiger partial charge on any atom is -0.395 e. The Hall–Kier alpha value is -3.40. The highest BCUT2D eigenvalue weighted by Gasteiger charge is 2.30. The fraction of sp³-hybridized carbons (Fsp3) is 0.364. The maximum absolute atomic E-state index is 14.5. The van der Waals surface area contributed by atoms with E-state index in [0.717, 1.165) is 12.5 Å². The summed E-state index contributed by atoms with van der Waals surface area (Å²) in [6.45, 7) is 4.33. The molecule has 0 bridgehead atoms. The third kappa shape index (κ3) is 3.40. The van der Waals surface area contributed by atoms with Crippen LogP contribution in [0.25, 0.3) is 17.0 Å². The molecule has 0 saturated carbocycles. The minimum absolute atomic E-state index is 0.0776. The van der Waals surface area contributed by atoms with Crippen molar-refractivity contribution in [3.8, 4) is 11.4 Å². The normalized spacial score (nSPS) is 16.9. The van der Waals surface area contributed by atoms with Crippen LogP contribution in [0.2, 0.25) is 0 Å². The van der Waals surface area contributed by atoms with Gasteiger partial charge in [-0.2, -0.15) is 10.2 Å². The summed E-state index contributed by atoms with van der Waals surface area (Å²) in [5.74, 6) is 0.758. The highest BCUT2D eigenvalue weighted by atomic mass is 19.1. The predicted molar refractivity (Wildman–Crippen MR) is 114 cm³/mol. The van der Waals surface area contributed by atoms with E-state index >= 15 is 0 Å². The SMILES string of the molecule is CC(C)(CO)c1nc(-c2cnn3ccc(N4CCC[C@@H]4c4cc(F)ccc4F)nc23)n[nH]1. The van der Waals surface area contributed by atoms with Crippen LogP contribution in [-0.4, -0.2) is 48.0 Å². The third-order valence-electron chi connectivity index (χ3n) is 5.98. The standard InChI is InChI=1S/C22H23F2N7O/c1-22(2,12-32)21-27-19(28-29-21)15-11-25-31-9-7-18(26-20(15)31)30-8-3-4-17(30)14-10-13(23)5-6-16(14)24/h5-7,9-11,17,32H,3-4,8,12H2,1-2H3,(H,27,28,29)/t17-/m1/s1. The van der Waals surface area contributed by atoms with Crippen molar-refractivity contribution in [1.29, 1.82) is 0 Å². The van der Waals surface area contributed by atoms with Crippen molar-refractivity contribution >= 4 is 11.5 Å². The third-order valence-corrected chi connectivity index (χ3v) is 5.98. The second-order valence-corrected chi connectivity index (χ2v) is 8.68. The van der Waals surface area contributed by atoms with Crippen molar-refractivity contribution in [2.45, 2.75) is 38.1 Å². The van der Waals surface area contributed by atoms with Crippen LogP contribution in [0.15, 0.2) is 36.7 Å². The number of benzene rings is 1. The van der Waals surface area contributed by atoms with Crippen LogP contribution < -0.4 is 4.90 Å². The van der Waals surface area contributed by atoms with Crippen LogP contribution in [0.3, 0.4) is 0 Å². The first kappa shape index (κ1) is 20.5. The molecule has 3 aromatic heterocycles. The van der Waals surface area contributed by atoms with Gasteiger partial charge in [-0.25, -0.2) is 23.3 Å². The molecule has 8 nitrogen and oxygen atoms in total. The number of aliphatic hydroxyl groups excluding tert-OH is 1. The average Bonchev–Trinajstić information content (AvgIpc) is 3.53. The number of fused-ring (bicyclic) bond motifs is 1. The van der Waals surface area contributed by atoms with Crippen LogP contribution in [0, 0.1) is 11.6 Å². The number of H-pyrrole nitrogens is 1. The van der Waals surface area contributed by atoms with Gasteiger partial charge in [-0.3, -0.25) is 5.10 Å². The zero-order chi connectivity index (χ0) is 22.5. The molecule has 10 heteroatoms. The van der Waals surface area contributed by atoms with E-state index in [1.807, 2.05) is 24.8 Å². The van der Waals surface area contributed by atoms with Gasteiger partial charge in [0.05, 0.1) is 24.4 Å². The van der Waals surface area contributed by atoms with E-state index in [9.17, 15) is 13.9 Å². The molecule has 5 rings (SSSR count). The number of anilines is 1. The number of nitrogens with one attached hydrogen (secondary N) is 1. The second-order valence-electron chi connectivity index (χ2n) is 8.68. The number of hydrogen-bond acceptors (Lipinski definition) is 6. The second kappa shape index (κ2) is 7.63. The molecular formula is C22H23F2N7O. The summed E-state index contributed by atoms with van der Waals surface area (Å²) in [5.41, 5.74) is 0.962. The maximum atomic E-state index is 14.5. The Bertz CT molecular complexity index is 1280. The van der Waals surface area contributed by atoms with Crippen LogP contribution in [0.4, 0.5) is 14.6 Å². The molecule has 32 heavy (non-hydrogen) atoms. The van der Waals surface area contributed by atoms with Crippen LogP contribution in [-0.2, 0) is 5.41 Å². The van der Waals surface area contributed by atoms with E-state index in [1.54, 1.807) is 16.9 Å². The number of nitrogens with zero attached hydrogens (tertiary/aromatic N) is 6. The van der Waals surface area contributed by atoms with E-state index in [2.05, 4.69) is 20.3 Å². The number of aromatic nitrogens is 6. The van der Waals surface area contributed by atoms with E-state index in [0.29, 0.717) is 47.2 Å². The Kier molecular flexibility index (Phi) is 4.89. The summed E-state index contributed by atoms with van der Waals surface area (Å²) in [7, 11) is 0. The summed E-state index contributed by atoms with van der Waals surface area (Å²) in [6.07, 6.45) is 4.97. The molecule has 1 aromatic carbocycles. The lowest BCUT2D eigenvalue weighted by Gasteiger charge is -2.26. The van der Waals surface area contributed by atoms with E-state index in [4.69, 9.17) is 4.98 Å². The highest BCUT2D eigenvalue weighted by Crippen LogP contribution is 2.37. The fourth-order valence-corrected chi connectivity index (χ4v) is 4.07. The first-order valence-electron chi connectivity index (χ1n) is 10.5. The largest absolute Gasteiger partial charge is 0.395 e. The molecule has 2 N–H and O–H groups in total. The topological polar surface area (TPSA) is 95.2 Å². The molecule has 0 unspecified atom stereocenters. The molecular weight excluding hydrogens is 416 g/mol. The van der Waals surface area contributed by atoms with Gasteiger partial charge in [0, 0.05) is 23.7 Å². The Morgan fingerprint density at radius 2 is 2.06 bits per heavy atom. The molecule has 1 aliphatic rings. The zero-order valence-corrected chi connectivity index (χ0v) is 17.8. The molecule has 1 saturated heterocycles. The van der Waals surface area contributed by atoms with E-state index in [1.165, 1.54) is 12.1 Å². The zero-order valence-electron chi connectivity index (χ0n) is 17.8. The average molecular weight is 439 g/mol. The number of aromatic amines is 1. The van der Waals surface area contributed by atoms with Crippen LogP contribution in [0.5, 0.6) is 0 Å². The fourth-order valence-electron chi connectivity index (χ4n) is 4.07. The van der Waals surface area contributed by atoms with E-state index in [-0.39, 0.29) is 12.6 Å². The van der Waals surface area contributed by atoms with Gasteiger partial charge in [-0.1, -0.05) is 13.8 Å². The van der Waals surface area contributed by atoms with Gasteiger partial charge in [0.15, 0.2) is 11.5 Å². The van der Waals surface area contributed by atoms with Crippen LogP contribution >= 0.6 is 0 Å². The van der Waals surface area contributed by atoms with Crippen molar-refractivity contribution < 1.29 is 13.9 Å². The quantitative estimate of drug-likeness (QED) is 0.495. The number of rotatable bonds is 5. The lowest BCUT2D eigenvalue weighted by Crippen LogP contribution is -2.24. The summed E-state index contributed by atoms with van der Waals surface area (Å²) in [5, 5.41) is 21.1.